The molecule has 0 radical (unpaired) electrons. The molecule has 1 aliphatic rings. The molecule has 1 N–H and O–H groups in total. The first kappa shape index (κ1) is 17.5. The Morgan fingerprint density at radius 2 is 1.93 bits per heavy atom. The second-order valence-electron chi connectivity index (χ2n) is 7.40. The molecular formula is C22H23N3O2. The highest BCUT2D eigenvalue weighted by Gasteiger charge is 2.27. The molecule has 3 aromatic rings. The van der Waals surface area contributed by atoms with Gasteiger partial charge in [0.15, 0.2) is 0 Å². The Morgan fingerprint density at radius 3 is 2.67 bits per heavy atom. The summed E-state index contributed by atoms with van der Waals surface area (Å²) in [5, 5.41) is 10.4. The van der Waals surface area contributed by atoms with Crippen LogP contribution in [0.1, 0.15) is 24.0 Å². The van der Waals surface area contributed by atoms with E-state index in [-0.39, 0.29) is 5.92 Å². The summed E-state index contributed by atoms with van der Waals surface area (Å²) < 4.78 is 0. The molecule has 1 aromatic heterocycles. The van der Waals surface area contributed by atoms with Crippen molar-refractivity contribution >= 4 is 22.7 Å². The lowest BCUT2D eigenvalue weighted by atomic mass is 9.95. The zero-order chi connectivity index (χ0) is 19.0. The smallest absolute Gasteiger partial charge is 0.308 e. The van der Waals surface area contributed by atoms with Crippen LogP contribution in [-0.2, 0) is 4.79 Å². The summed E-state index contributed by atoms with van der Waals surface area (Å²) in [6, 6.07) is 12.6. The summed E-state index contributed by atoms with van der Waals surface area (Å²) in [7, 11) is 0. The summed E-state index contributed by atoms with van der Waals surface area (Å²) in [6.07, 6.45) is 3.15. The summed E-state index contributed by atoms with van der Waals surface area (Å²) in [6.45, 7) is 5.50. The predicted molar refractivity (Wildman–Crippen MR) is 107 cm³/mol. The average molecular weight is 361 g/mol. The molecule has 1 aliphatic heterocycles. The lowest BCUT2D eigenvalue weighted by molar-refractivity contribution is -0.141. The number of piperidine rings is 1. The summed E-state index contributed by atoms with van der Waals surface area (Å²) in [4.78, 5) is 22.7. The monoisotopic (exact) mass is 361 g/mol. The lowest BCUT2D eigenvalue weighted by Crippen LogP contribution is -2.39. The van der Waals surface area contributed by atoms with Crippen LogP contribution in [0.3, 0.4) is 0 Å². The maximum absolute atomic E-state index is 11.5. The molecule has 0 bridgehead atoms. The zero-order valence-corrected chi connectivity index (χ0v) is 15.6. The van der Waals surface area contributed by atoms with Crippen molar-refractivity contribution < 1.29 is 9.90 Å². The fourth-order valence-electron chi connectivity index (χ4n) is 4.07. The number of aryl methyl sites for hydroxylation is 2. The molecular weight excluding hydrogens is 338 g/mol. The number of aliphatic carboxylic acids is 1. The van der Waals surface area contributed by atoms with Crippen LogP contribution in [0, 0.1) is 19.8 Å². The average Bonchev–Trinajstić information content (AvgIpc) is 2.66. The van der Waals surface area contributed by atoms with Gasteiger partial charge in [-0.2, -0.15) is 0 Å². The molecule has 1 saturated heterocycles. The summed E-state index contributed by atoms with van der Waals surface area (Å²) >= 11 is 0. The first-order chi connectivity index (χ1) is 13.0. The number of carboxylic acids is 1. The highest BCUT2D eigenvalue weighted by molar-refractivity contribution is 6.02. The van der Waals surface area contributed by atoms with Crippen molar-refractivity contribution in [3.8, 4) is 11.1 Å². The Labute approximate surface area is 158 Å². The molecule has 4 rings (SSSR count). The molecule has 2 aromatic carbocycles. The maximum atomic E-state index is 11.5. The van der Waals surface area contributed by atoms with Gasteiger partial charge < -0.3 is 10.0 Å². The topological polar surface area (TPSA) is 66.3 Å². The molecule has 0 spiro atoms. The maximum Gasteiger partial charge on any atom is 0.308 e. The van der Waals surface area contributed by atoms with Gasteiger partial charge in [0.2, 0.25) is 0 Å². The third-order valence-electron chi connectivity index (χ3n) is 5.25. The van der Waals surface area contributed by atoms with Crippen molar-refractivity contribution in [3.05, 3.63) is 53.9 Å². The molecule has 138 valence electrons. The van der Waals surface area contributed by atoms with Crippen LogP contribution in [0.4, 0.5) is 5.82 Å². The van der Waals surface area contributed by atoms with Gasteiger partial charge in [-0.25, -0.2) is 9.97 Å². The molecule has 5 nitrogen and oxygen atoms in total. The largest absolute Gasteiger partial charge is 0.481 e. The fourth-order valence-corrected chi connectivity index (χ4v) is 4.07. The number of fused-ring (bicyclic) bond motifs is 1. The molecule has 1 unspecified atom stereocenters. The van der Waals surface area contributed by atoms with Gasteiger partial charge in [-0.3, -0.25) is 4.79 Å². The number of hydrogen-bond acceptors (Lipinski definition) is 4. The first-order valence-electron chi connectivity index (χ1n) is 9.33. The van der Waals surface area contributed by atoms with E-state index >= 15 is 0 Å². The van der Waals surface area contributed by atoms with Crippen LogP contribution in [0.2, 0.25) is 0 Å². The van der Waals surface area contributed by atoms with E-state index < -0.39 is 5.97 Å². The van der Waals surface area contributed by atoms with Gasteiger partial charge in [-0.1, -0.05) is 41.5 Å². The minimum Gasteiger partial charge on any atom is -0.481 e. The van der Waals surface area contributed by atoms with E-state index in [0.717, 1.165) is 47.2 Å². The number of carboxylic acid groups (broad SMARTS) is 1. The van der Waals surface area contributed by atoms with Crippen LogP contribution in [0.15, 0.2) is 42.7 Å². The number of benzene rings is 2. The standard InChI is InChI=1S/C22H23N3O2/c1-14-9-15(2)11-17(10-14)18-6-3-7-19-20(18)21(24-13-23-19)25-8-4-5-16(12-25)22(26)27/h3,6-7,9-11,13,16H,4-5,8,12H2,1-2H3,(H,26,27). The van der Waals surface area contributed by atoms with Crippen molar-refractivity contribution in [3.63, 3.8) is 0 Å². The number of rotatable bonds is 3. The van der Waals surface area contributed by atoms with Gasteiger partial charge >= 0.3 is 5.97 Å². The normalized spacial score (nSPS) is 17.3. The molecule has 27 heavy (non-hydrogen) atoms. The van der Waals surface area contributed by atoms with E-state index in [9.17, 15) is 9.90 Å². The number of anilines is 1. The second-order valence-corrected chi connectivity index (χ2v) is 7.40. The minimum absolute atomic E-state index is 0.350. The number of nitrogens with zero attached hydrogens (tertiary/aromatic N) is 3. The molecule has 0 saturated carbocycles. The second kappa shape index (κ2) is 6.99. The number of carbonyl (C=O) groups is 1. The quantitative estimate of drug-likeness (QED) is 0.757. The van der Waals surface area contributed by atoms with E-state index in [0.29, 0.717) is 6.54 Å². The molecule has 1 atom stereocenters. The van der Waals surface area contributed by atoms with E-state index in [1.165, 1.54) is 11.1 Å². The van der Waals surface area contributed by atoms with Gasteiger partial charge in [-0.05, 0) is 43.9 Å². The number of aromatic nitrogens is 2. The molecule has 5 heteroatoms. The highest BCUT2D eigenvalue weighted by atomic mass is 16.4. The van der Waals surface area contributed by atoms with E-state index in [1.807, 2.05) is 12.1 Å². The Balaban J connectivity index is 1.88. The summed E-state index contributed by atoms with van der Waals surface area (Å²) in [5.74, 6) is -0.245. The van der Waals surface area contributed by atoms with Crippen molar-refractivity contribution in [2.75, 3.05) is 18.0 Å². The van der Waals surface area contributed by atoms with E-state index in [2.05, 4.69) is 53.0 Å². The molecule has 0 aliphatic carbocycles. The Morgan fingerprint density at radius 1 is 1.15 bits per heavy atom. The number of hydrogen-bond donors (Lipinski definition) is 1. The third-order valence-corrected chi connectivity index (χ3v) is 5.25. The van der Waals surface area contributed by atoms with Crippen molar-refractivity contribution in [2.45, 2.75) is 26.7 Å². The van der Waals surface area contributed by atoms with Gasteiger partial charge in [0.1, 0.15) is 12.1 Å². The van der Waals surface area contributed by atoms with Gasteiger partial charge in [0, 0.05) is 13.1 Å². The molecule has 1 fully saturated rings. The molecule has 0 amide bonds. The van der Waals surface area contributed by atoms with Crippen molar-refractivity contribution in [2.24, 2.45) is 5.92 Å². The lowest BCUT2D eigenvalue weighted by Gasteiger charge is -2.32. The van der Waals surface area contributed by atoms with E-state index in [4.69, 9.17) is 0 Å². The van der Waals surface area contributed by atoms with Crippen LogP contribution in [0.5, 0.6) is 0 Å². The highest BCUT2D eigenvalue weighted by Crippen LogP contribution is 2.35. The van der Waals surface area contributed by atoms with Crippen LogP contribution in [0.25, 0.3) is 22.0 Å². The predicted octanol–water partition coefficient (Wildman–Crippen LogP) is 4.21. The van der Waals surface area contributed by atoms with Crippen LogP contribution < -0.4 is 4.90 Å². The van der Waals surface area contributed by atoms with Crippen LogP contribution in [-0.4, -0.2) is 34.1 Å². The minimum atomic E-state index is -0.729. The van der Waals surface area contributed by atoms with Gasteiger partial charge in [0.25, 0.3) is 0 Å². The van der Waals surface area contributed by atoms with Gasteiger partial charge in [0.05, 0.1) is 16.8 Å². The van der Waals surface area contributed by atoms with Gasteiger partial charge in [-0.15, -0.1) is 0 Å². The van der Waals surface area contributed by atoms with E-state index in [1.54, 1.807) is 6.33 Å². The van der Waals surface area contributed by atoms with Crippen LogP contribution >= 0.6 is 0 Å². The first-order valence-corrected chi connectivity index (χ1v) is 9.33. The van der Waals surface area contributed by atoms with Crippen molar-refractivity contribution in [1.29, 1.82) is 0 Å². The summed E-state index contributed by atoms with van der Waals surface area (Å²) in [5.41, 5.74) is 5.54. The Bertz CT molecular complexity index is 990. The SMILES string of the molecule is Cc1cc(C)cc(-c2cccc3ncnc(N4CCCC(C(=O)O)C4)c23)c1. The zero-order valence-electron chi connectivity index (χ0n) is 15.6. The fraction of sp³-hybridized carbons (Fsp3) is 0.318. The van der Waals surface area contributed by atoms with Crippen molar-refractivity contribution in [1.82, 2.24) is 9.97 Å². The Hall–Kier alpha value is -2.95. The molecule has 2 heterocycles. The third kappa shape index (κ3) is 3.37. The Kier molecular flexibility index (Phi) is 4.52.